The molecule has 0 aliphatic heterocycles. The van der Waals surface area contributed by atoms with Crippen LogP contribution in [0.2, 0.25) is 0 Å². The molecule has 5 nitrogen and oxygen atoms in total. The van der Waals surface area contributed by atoms with Gasteiger partial charge in [-0.15, -0.1) is 0 Å². The molecule has 0 atom stereocenters. The molecule has 2 N–H and O–H groups in total. The summed E-state index contributed by atoms with van der Waals surface area (Å²) in [5.74, 6) is -0.663. The van der Waals surface area contributed by atoms with Crippen molar-refractivity contribution in [1.82, 2.24) is 9.88 Å². The van der Waals surface area contributed by atoms with E-state index in [9.17, 15) is 9.90 Å². The van der Waals surface area contributed by atoms with Gasteiger partial charge in [-0.25, -0.2) is 0 Å². The lowest BCUT2D eigenvalue weighted by atomic mass is 10.2. The molecule has 100 valence electrons. The summed E-state index contributed by atoms with van der Waals surface area (Å²) in [4.78, 5) is 16.9. The predicted octanol–water partition coefficient (Wildman–Crippen LogP) is 1.78. The van der Waals surface area contributed by atoms with Crippen LogP contribution in [0, 0.1) is 6.92 Å². The Morgan fingerprint density at radius 1 is 1.44 bits per heavy atom. The van der Waals surface area contributed by atoms with E-state index in [0.29, 0.717) is 18.8 Å². The Morgan fingerprint density at radius 2 is 2.11 bits per heavy atom. The molecule has 1 aromatic rings. The van der Waals surface area contributed by atoms with Crippen LogP contribution in [0.15, 0.2) is 12.1 Å². The zero-order valence-corrected chi connectivity index (χ0v) is 11.1. The summed E-state index contributed by atoms with van der Waals surface area (Å²) < 4.78 is 0. The van der Waals surface area contributed by atoms with E-state index in [-0.39, 0.29) is 18.2 Å². The van der Waals surface area contributed by atoms with E-state index in [0.717, 1.165) is 5.69 Å². The first-order valence-corrected chi connectivity index (χ1v) is 6.01. The Kier molecular flexibility index (Phi) is 5.09. The van der Waals surface area contributed by atoms with E-state index in [1.54, 1.807) is 12.1 Å². The second kappa shape index (κ2) is 6.35. The third-order valence-corrected chi connectivity index (χ3v) is 2.79. The fourth-order valence-electron chi connectivity index (χ4n) is 1.67. The van der Waals surface area contributed by atoms with Gasteiger partial charge in [-0.05, 0) is 32.9 Å². The van der Waals surface area contributed by atoms with Gasteiger partial charge in [0.1, 0.15) is 5.75 Å². The zero-order valence-electron chi connectivity index (χ0n) is 11.1. The summed E-state index contributed by atoms with van der Waals surface area (Å²) in [7, 11) is 0. The fourth-order valence-corrected chi connectivity index (χ4v) is 1.67. The largest absolute Gasteiger partial charge is 0.506 e. The molecule has 0 radical (unpaired) electrons. The summed E-state index contributed by atoms with van der Waals surface area (Å²) in [6.45, 7) is 6.75. The van der Waals surface area contributed by atoms with Crippen molar-refractivity contribution in [2.24, 2.45) is 0 Å². The second-order valence-electron chi connectivity index (χ2n) is 4.63. The number of carbonyl (C=O) groups is 1. The van der Waals surface area contributed by atoms with Crippen LogP contribution in [0.1, 0.15) is 31.7 Å². The van der Waals surface area contributed by atoms with E-state index >= 15 is 0 Å². The van der Waals surface area contributed by atoms with Gasteiger partial charge in [0.05, 0.1) is 12.1 Å². The lowest BCUT2D eigenvalue weighted by Crippen LogP contribution is -2.32. The molecule has 1 rings (SSSR count). The number of aromatic hydroxyl groups is 1. The van der Waals surface area contributed by atoms with E-state index in [2.05, 4.69) is 4.98 Å². The van der Waals surface area contributed by atoms with Gasteiger partial charge in [0.15, 0.2) is 0 Å². The Morgan fingerprint density at radius 3 is 2.67 bits per heavy atom. The molecule has 0 bridgehead atoms. The molecule has 5 heteroatoms. The van der Waals surface area contributed by atoms with Crippen LogP contribution in [0.5, 0.6) is 5.75 Å². The number of aromatic nitrogens is 1. The van der Waals surface area contributed by atoms with Gasteiger partial charge < -0.3 is 10.2 Å². The number of carboxylic acids is 1. The Hall–Kier alpha value is -1.62. The van der Waals surface area contributed by atoms with Crippen LogP contribution in [0.4, 0.5) is 0 Å². The van der Waals surface area contributed by atoms with Gasteiger partial charge in [0, 0.05) is 24.8 Å². The monoisotopic (exact) mass is 252 g/mol. The maximum absolute atomic E-state index is 10.6. The quantitative estimate of drug-likeness (QED) is 0.807. The van der Waals surface area contributed by atoms with Crippen molar-refractivity contribution >= 4 is 5.97 Å². The fraction of sp³-hybridized carbons (Fsp3) is 0.538. The van der Waals surface area contributed by atoms with Gasteiger partial charge in [-0.3, -0.25) is 14.7 Å². The highest BCUT2D eigenvalue weighted by molar-refractivity contribution is 5.66. The van der Waals surface area contributed by atoms with E-state index in [4.69, 9.17) is 5.11 Å². The molecule has 0 amide bonds. The molecule has 0 fully saturated rings. The predicted molar refractivity (Wildman–Crippen MR) is 68.4 cm³/mol. The Labute approximate surface area is 107 Å². The highest BCUT2D eigenvalue weighted by atomic mass is 16.4. The molecular formula is C13H20N2O3. The van der Waals surface area contributed by atoms with Crippen molar-refractivity contribution in [3.63, 3.8) is 0 Å². The molecule has 0 aliphatic carbocycles. The summed E-state index contributed by atoms with van der Waals surface area (Å²) in [5, 5.41) is 18.5. The van der Waals surface area contributed by atoms with Crippen molar-refractivity contribution in [2.75, 3.05) is 6.54 Å². The van der Waals surface area contributed by atoms with Gasteiger partial charge in [0.25, 0.3) is 0 Å². The zero-order chi connectivity index (χ0) is 13.7. The number of carboxylic acid groups (broad SMARTS) is 1. The molecule has 18 heavy (non-hydrogen) atoms. The lowest BCUT2D eigenvalue weighted by molar-refractivity contribution is -0.137. The minimum Gasteiger partial charge on any atom is -0.506 e. The average Bonchev–Trinajstić information content (AvgIpc) is 2.28. The molecule has 1 heterocycles. The van der Waals surface area contributed by atoms with Gasteiger partial charge in [-0.2, -0.15) is 0 Å². The highest BCUT2D eigenvalue weighted by Crippen LogP contribution is 2.18. The van der Waals surface area contributed by atoms with Crippen molar-refractivity contribution in [3.05, 3.63) is 23.5 Å². The molecule has 0 saturated carbocycles. The summed E-state index contributed by atoms with van der Waals surface area (Å²) in [6, 6.07) is 3.56. The third-order valence-electron chi connectivity index (χ3n) is 2.79. The lowest BCUT2D eigenvalue weighted by Gasteiger charge is -2.25. The first-order chi connectivity index (χ1) is 8.40. The smallest absolute Gasteiger partial charge is 0.304 e. The first-order valence-electron chi connectivity index (χ1n) is 6.01. The summed E-state index contributed by atoms with van der Waals surface area (Å²) in [6.07, 6.45) is 0.0881. The molecule has 0 saturated heterocycles. The maximum atomic E-state index is 10.6. The van der Waals surface area contributed by atoms with Crippen molar-refractivity contribution in [1.29, 1.82) is 0 Å². The number of pyridine rings is 1. The number of hydrogen-bond donors (Lipinski definition) is 2. The molecular weight excluding hydrogens is 232 g/mol. The molecule has 0 unspecified atom stereocenters. The van der Waals surface area contributed by atoms with E-state index in [1.807, 2.05) is 25.7 Å². The normalized spacial score (nSPS) is 11.2. The molecule has 0 aliphatic rings. The standard InChI is InChI=1S/C13H20N2O3/c1-9(2)15(7-6-13(17)18)8-11-12(16)5-4-10(3)14-11/h4-5,9,16H,6-8H2,1-3H3,(H,17,18). The van der Waals surface area contributed by atoms with Crippen LogP contribution in [-0.4, -0.2) is 38.7 Å². The Bertz CT molecular complexity index is 419. The van der Waals surface area contributed by atoms with Gasteiger partial charge >= 0.3 is 5.97 Å². The summed E-state index contributed by atoms with van der Waals surface area (Å²) in [5.41, 5.74) is 1.43. The van der Waals surface area contributed by atoms with E-state index in [1.165, 1.54) is 0 Å². The number of nitrogens with zero attached hydrogens (tertiary/aromatic N) is 2. The van der Waals surface area contributed by atoms with Crippen molar-refractivity contribution in [2.45, 2.75) is 39.8 Å². The van der Waals surface area contributed by atoms with Gasteiger partial charge in [0.2, 0.25) is 0 Å². The number of aliphatic carboxylic acids is 1. The average molecular weight is 252 g/mol. The van der Waals surface area contributed by atoms with Crippen LogP contribution in [0.3, 0.4) is 0 Å². The van der Waals surface area contributed by atoms with Crippen LogP contribution in [-0.2, 0) is 11.3 Å². The maximum Gasteiger partial charge on any atom is 0.304 e. The molecule has 0 aromatic carbocycles. The number of hydrogen-bond acceptors (Lipinski definition) is 4. The molecule has 0 spiro atoms. The second-order valence-corrected chi connectivity index (χ2v) is 4.63. The van der Waals surface area contributed by atoms with Crippen LogP contribution >= 0.6 is 0 Å². The minimum absolute atomic E-state index is 0.0881. The summed E-state index contributed by atoms with van der Waals surface area (Å²) >= 11 is 0. The Balaban J connectivity index is 2.76. The molecule has 1 aromatic heterocycles. The SMILES string of the molecule is Cc1ccc(O)c(CN(CCC(=O)O)C(C)C)n1. The van der Waals surface area contributed by atoms with Crippen molar-refractivity contribution in [3.8, 4) is 5.75 Å². The van der Waals surface area contributed by atoms with E-state index < -0.39 is 5.97 Å². The van der Waals surface area contributed by atoms with Crippen LogP contribution in [0.25, 0.3) is 0 Å². The first kappa shape index (κ1) is 14.4. The minimum atomic E-state index is -0.818. The van der Waals surface area contributed by atoms with Crippen LogP contribution < -0.4 is 0 Å². The van der Waals surface area contributed by atoms with Gasteiger partial charge in [-0.1, -0.05) is 0 Å². The topological polar surface area (TPSA) is 73.7 Å². The number of aryl methyl sites for hydroxylation is 1. The number of rotatable bonds is 6. The highest BCUT2D eigenvalue weighted by Gasteiger charge is 2.14. The van der Waals surface area contributed by atoms with Crippen molar-refractivity contribution < 1.29 is 15.0 Å². The third kappa shape index (κ3) is 4.33.